The molecule has 0 saturated carbocycles. The van der Waals surface area contributed by atoms with Crippen molar-refractivity contribution in [2.75, 3.05) is 13.7 Å². The van der Waals surface area contributed by atoms with E-state index in [2.05, 4.69) is 0 Å². The third-order valence-electron chi connectivity index (χ3n) is 5.00. The topological polar surface area (TPSA) is 160 Å². The number of aliphatic hydroxyl groups excluding tert-OH is 3. The number of rotatable bonds is 5. The van der Waals surface area contributed by atoms with Crippen molar-refractivity contribution in [3.63, 3.8) is 0 Å². The lowest BCUT2D eigenvalue weighted by Crippen LogP contribution is -2.35. The van der Waals surface area contributed by atoms with Gasteiger partial charge in [-0.05, 0) is 12.1 Å². The standard InChI is InChI=1S/C21H20O10/c1-28-14-3-2-9(4-13(14)25)20-16(30-21-19(27)18(26)17(8-22)31-21)7-11-12(24)5-10(23)6-15(11)29-20/h2-7,17-19,21-22,26-27H,8H2,1H3,(H2-,23,24,25)/p+1/t17-,18-,19+,21+/m1/s1. The first kappa shape index (κ1) is 20.9. The Morgan fingerprint density at radius 3 is 2.39 bits per heavy atom. The van der Waals surface area contributed by atoms with Crippen LogP contribution in [0.3, 0.4) is 0 Å². The van der Waals surface area contributed by atoms with Crippen molar-refractivity contribution in [3.05, 3.63) is 36.4 Å². The van der Waals surface area contributed by atoms with Crippen molar-refractivity contribution in [1.82, 2.24) is 0 Å². The highest BCUT2D eigenvalue weighted by Gasteiger charge is 2.45. The molecule has 3 aromatic rings. The Balaban J connectivity index is 1.84. The highest BCUT2D eigenvalue weighted by Crippen LogP contribution is 2.42. The Hall–Kier alpha value is -3.31. The SMILES string of the molecule is COc1ccc(-c2[o+]c3cc(O)cc(O)c3cc2O[C@H]2O[C@H](CO)[C@@H](O)[C@@H]2O)cc1O. The lowest BCUT2D eigenvalue weighted by atomic mass is 10.1. The number of aliphatic hydroxyl groups is 3. The third-order valence-corrected chi connectivity index (χ3v) is 5.00. The van der Waals surface area contributed by atoms with E-state index in [9.17, 15) is 30.6 Å². The summed E-state index contributed by atoms with van der Waals surface area (Å²) in [5.74, 6) is -0.372. The zero-order chi connectivity index (χ0) is 22.3. The van der Waals surface area contributed by atoms with Gasteiger partial charge < -0.3 is 44.8 Å². The number of aromatic hydroxyl groups is 3. The molecule has 1 fully saturated rings. The predicted molar refractivity (Wildman–Crippen MR) is 106 cm³/mol. The van der Waals surface area contributed by atoms with Gasteiger partial charge in [-0.25, -0.2) is 4.42 Å². The quantitative estimate of drug-likeness (QED) is 0.324. The van der Waals surface area contributed by atoms with Crippen molar-refractivity contribution in [2.24, 2.45) is 0 Å². The van der Waals surface area contributed by atoms with Gasteiger partial charge in [-0.15, -0.1) is 0 Å². The second-order valence-corrected chi connectivity index (χ2v) is 7.03. The van der Waals surface area contributed by atoms with Gasteiger partial charge in [-0.3, -0.25) is 0 Å². The Labute approximate surface area is 175 Å². The van der Waals surface area contributed by atoms with Crippen molar-refractivity contribution >= 4 is 11.0 Å². The highest BCUT2D eigenvalue weighted by molar-refractivity contribution is 5.88. The molecule has 0 unspecified atom stereocenters. The second-order valence-electron chi connectivity index (χ2n) is 7.03. The fraction of sp³-hybridized carbons (Fsp3) is 0.286. The molecule has 0 amide bonds. The first-order valence-electron chi connectivity index (χ1n) is 9.31. The maximum Gasteiger partial charge on any atom is 0.402 e. The summed E-state index contributed by atoms with van der Waals surface area (Å²) < 4.78 is 22.0. The first-order chi connectivity index (χ1) is 14.8. The molecule has 10 nitrogen and oxygen atoms in total. The fourth-order valence-corrected chi connectivity index (χ4v) is 3.39. The molecule has 1 aliphatic heterocycles. The summed E-state index contributed by atoms with van der Waals surface area (Å²) in [6.45, 7) is -0.528. The highest BCUT2D eigenvalue weighted by atomic mass is 16.7. The molecule has 0 spiro atoms. The molecule has 1 aliphatic rings. The Kier molecular flexibility index (Phi) is 5.46. The van der Waals surface area contributed by atoms with Gasteiger partial charge >= 0.3 is 11.3 Å². The Morgan fingerprint density at radius 2 is 1.74 bits per heavy atom. The summed E-state index contributed by atoms with van der Waals surface area (Å²) in [5, 5.41) is 59.8. The van der Waals surface area contributed by atoms with Crippen LogP contribution in [0.4, 0.5) is 0 Å². The molecule has 0 bridgehead atoms. The van der Waals surface area contributed by atoms with Crippen LogP contribution in [0, 0.1) is 0 Å². The predicted octanol–water partition coefficient (Wildman–Crippen LogP) is 1.32. The molecular weight excluding hydrogens is 412 g/mol. The normalized spacial score (nSPS) is 23.2. The van der Waals surface area contributed by atoms with Crippen LogP contribution in [-0.4, -0.2) is 69.0 Å². The molecule has 164 valence electrons. The fourth-order valence-electron chi connectivity index (χ4n) is 3.39. The number of methoxy groups -OCH3 is 1. The van der Waals surface area contributed by atoms with Crippen molar-refractivity contribution < 1.29 is 49.3 Å². The number of phenolic OH excluding ortho intramolecular Hbond substituents is 3. The summed E-state index contributed by atoms with van der Waals surface area (Å²) in [6.07, 6.45) is -5.22. The van der Waals surface area contributed by atoms with Crippen molar-refractivity contribution in [1.29, 1.82) is 0 Å². The zero-order valence-corrected chi connectivity index (χ0v) is 16.3. The lowest BCUT2D eigenvalue weighted by Gasteiger charge is -2.16. The van der Waals surface area contributed by atoms with Gasteiger partial charge in [0.25, 0.3) is 0 Å². The van der Waals surface area contributed by atoms with Crippen LogP contribution in [-0.2, 0) is 4.74 Å². The Morgan fingerprint density at radius 1 is 0.968 bits per heavy atom. The maximum absolute atomic E-state index is 10.2. The maximum atomic E-state index is 10.2. The van der Waals surface area contributed by atoms with E-state index in [-0.39, 0.29) is 45.5 Å². The van der Waals surface area contributed by atoms with Crippen LogP contribution in [0.2, 0.25) is 0 Å². The number of fused-ring (bicyclic) bond motifs is 1. The monoisotopic (exact) mass is 433 g/mol. The number of phenols is 3. The van der Waals surface area contributed by atoms with Gasteiger partial charge in [0.2, 0.25) is 12.0 Å². The second kappa shape index (κ2) is 8.08. The summed E-state index contributed by atoms with van der Waals surface area (Å²) >= 11 is 0. The molecule has 2 heterocycles. The minimum absolute atomic E-state index is 0.00731. The smallest absolute Gasteiger partial charge is 0.402 e. The summed E-state index contributed by atoms with van der Waals surface area (Å²) in [6, 6.07) is 8.25. The molecular formula is C21H21O10+. The lowest BCUT2D eigenvalue weighted by molar-refractivity contribution is -0.116. The van der Waals surface area contributed by atoms with Gasteiger partial charge in [0.05, 0.1) is 25.3 Å². The Bertz CT molecular complexity index is 1120. The molecule has 10 heteroatoms. The van der Waals surface area contributed by atoms with Crippen LogP contribution in [0.25, 0.3) is 22.3 Å². The minimum Gasteiger partial charge on any atom is -0.507 e. The molecule has 1 aromatic heterocycles. The van der Waals surface area contributed by atoms with Crippen LogP contribution >= 0.6 is 0 Å². The van der Waals surface area contributed by atoms with E-state index in [0.717, 1.165) is 6.07 Å². The molecule has 0 aliphatic carbocycles. The molecule has 2 aromatic carbocycles. The van der Waals surface area contributed by atoms with E-state index in [4.69, 9.17) is 18.6 Å². The number of hydrogen-bond acceptors (Lipinski definition) is 9. The molecule has 31 heavy (non-hydrogen) atoms. The van der Waals surface area contributed by atoms with Gasteiger partial charge in [-0.2, -0.15) is 0 Å². The zero-order valence-electron chi connectivity index (χ0n) is 16.3. The van der Waals surface area contributed by atoms with Crippen molar-refractivity contribution in [3.8, 4) is 40.1 Å². The largest absolute Gasteiger partial charge is 0.507 e. The molecule has 6 N–H and O–H groups in total. The number of benzene rings is 2. The van der Waals surface area contributed by atoms with E-state index in [1.54, 1.807) is 6.07 Å². The van der Waals surface area contributed by atoms with Crippen LogP contribution < -0.4 is 9.47 Å². The average molecular weight is 433 g/mol. The van der Waals surface area contributed by atoms with Crippen molar-refractivity contribution in [2.45, 2.75) is 24.6 Å². The van der Waals surface area contributed by atoms with Gasteiger partial charge in [0.1, 0.15) is 35.2 Å². The van der Waals surface area contributed by atoms with Crippen LogP contribution in [0.1, 0.15) is 0 Å². The van der Waals surface area contributed by atoms with E-state index in [1.807, 2.05) is 0 Å². The first-order valence-corrected chi connectivity index (χ1v) is 9.31. The molecule has 0 radical (unpaired) electrons. The van der Waals surface area contributed by atoms with Gasteiger partial charge in [0.15, 0.2) is 11.5 Å². The molecule has 4 atom stereocenters. The molecule has 1 saturated heterocycles. The van der Waals surface area contributed by atoms with Crippen LogP contribution in [0.15, 0.2) is 40.8 Å². The summed E-state index contributed by atoms with van der Waals surface area (Å²) in [7, 11) is 1.40. The van der Waals surface area contributed by atoms with Gasteiger partial charge in [-0.1, -0.05) is 0 Å². The number of hydrogen-bond donors (Lipinski definition) is 6. The average Bonchev–Trinajstić information content (AvgIpc) is 3.01. The van der Waals surface area contributed by atoms with E-state index in [0.29, 0.717) is 5.56 Å². The number of ether oxygens (including phenoxy) is 3. The van der Waals surface area contributed by atoms with Crippen LogP contribution in [0.5, 0.6) is 28.7 Å². The summed E-state index contributed by atoms with van der Waals surface area (Å²) in [4.78, 5) is 0. The third kappa shape index (κ3) is 3.77. The van der Waals surface area contributed by atoms with Gasteiger partial charge in [0, 0.05) is 18.2 Å². The van der Waals surface area contributed by atoms with E-state index < -0.39 is 31.2 Å². The summed E-state index contributed by atoms with van der Waals surface area (Å²) in [5.41, 5.74) is 0.473. The molecule has 4 rings (SSSR count). The van der Waals surface area contributed by atoms with E-state index in [1.165, 1.54) is 31.4 Å². The minimum atomic E-state index is -1.46. The van der Waals surface area contributed by atoms with E-state index >= 15 is 0 Å².